The topological polar surface area (TPSA) is 55.1 Å². The van der Waals surface area contributed by atoms with E-state index in [1.807, 2.05) is 0 Å². The van der Waals surface area contributed by atoms with E-state index < -0.39 is 0 Å². The summed E-state index contributed by atoms with van der Waals surface area (Å²) in [5.41, 5.74) is 8.35. The summed E-state index contributed by atoms with van der Waals surface area (Å²) in [6.45, 7) is 4.72. The highest BCUT2D eigenvalue weighted by Gasteiger charge is 2.28. The number of rotatable bonds is 6. The zero-order valence-electron chi connectivity index (χ0n) is 11.9. The van der Waals surface area contributed by atoms with Crippen molar-refractivity contribution < 1.29 is 4.79 Å². The van der Waals surface area contributed by atoms with Gasteiger partial charge in [0, 0.05) is 22.0 Å². The second-order valence-electron chi connectivity index (χ2n) is 5.46. The molecule has 0 aliphatic heterocycles. The van der Waals surface area contributed by atoms with Gasteiger partial charge in [-0.25, -0.2) is 0 Å². The number of aryl methyl sites for hydroxylation is 2. The molecule has 110 valence electrons. The first-order valence-corrected chi connectivity index (χ1v) is 8.67. The molecular formula is C15H21BrN2OS. The summed E-state index contributed by atoms with van der Waals surface area (Å²) in [7, 11) is 0. The first-order valence-electron chi connectivity index (χ1n) is 6.89. The average molecular weight is 357 g/mol. The number of benzene rings is 1. The van der Waals surface area contributed by atoms with E-state index in [0.29, 0.717) is 18.2 Å². The van der Waals surface area contributed by atoms with Crippen LogP contribution in [-0.4, -0.2) is 24.2 Å². The van der Waals surface area contributed by atoms with Crippen LogP contribution in [0.1, 0.15) is 24.0 Å². The number of nitrogens with two attached hydrogens (primary N) is 1. The number of hydrogen-bond donors (Lipinski definition) is 2. The summed E-state index contributed by atoms with van der Waals surface area (Å²) in [6.07, 6.45) is 2.42. The largest absolute Gasteiger partial charge is 0.354 e. The zero-order valence-corrected chi connectivity index (χ0v) is 14.3. The number of thioether (sulfide) groups is 1. The zero-order chi connectivity index (χ0) is 14.7. The van der Waals surface area contributed by atoms with Crippen molar-refractivity contribution >= 4 is 33.6 Å². The predicted octanol–water partition coefficient (Wildman–Crippen LogP) is 3.01. The van der Waals surface area contributed by atoms with Gasteiger partial charge >= 0.3 is 0 Å². The molecule has 20 heavy (non-hydrogen) atoms. The third kappa shape index (κ3) is 4.50. The number of hydrogen-bond acceptors (Lipinski definition) is 3. The molecule has 1 fully saturated rings. The van der Waals surface area contributed by atoms with Crippen LogP contribution < -0.4 is 11.1 Å². The van der Waals surface area contributed by atoms with Crippen molar-refractivity contribution in [3.8, 4) is 0 Å². The molecule has 3 nitrogen and oxygen atoms in total. The Morgan fingerprint density at radius 2 is 2.15 bits per heavy atom. The molecule has 0 spiro atoms. The van der Waals surface area contributed by atoms with Gasteiger partial charge in [-0.3, -0.25) is 4.79 Å². The summed E-state index contributed by atoms with van der Waals surface area (Å²) in [6, 6.07) is 4.34. The van der Waals surface area contributed by atoms with Crippen LogP contribution in [0.15, 0.2) is 21.5 Å². The summed E-state index contributed by atoms with van der Waals surface area (Å²) < 4.78 is 1.11. The van der Waals surface area contributed by atoms with Crippen LogP contribution in [0, 0.1) is 19.8 Å². The fourth-order valence-corrected chi connectivity index (χ4v) is 3.42. The van der Waals surface area contributed by atoms with Gasteiger partial charge in [-0.05, 0) is 55.9 Å². The Bertz CT molecular complexity index is 503. The van der Waals surface area contributed by atoms with Crippen molar-refractivity contribution in [1.29, 1.82) is 0 Å². The van der Waals surface area contributed by atoms with E-state index in [2.05, 4.69) is 47.2 Å². The van der Waals surface area contributed by atoms with Crippen LogP contribution in [0.25, 0.3) is 0 Å². The Balaban J connectivity index is 1.79. The fraction of sp³-hybridized carbons (Fsp3) is 0.533. The number of halogens is 1. The second-order valence-corrected chi connectivity index (χ2v) is 7.33. The highest BCUT2D eigenvalue weighted by Crippen LogP contribution is 2.31. The summed E-state index contributed by atoms with van der Waals surface area (Å²) in [5, 5.41) is 2.93. The lowest BCUT2D eigenvalue weighted by molar-refractivity contribution is -0.118. The van der Waals surface area contributed by atoms with Crippen LogP contribution in [-0.2, 0) is 4.79 Å². The molecule has 0 aromatic heterocycles. The molecule has 0 radical (unpaired) electrons. The lowest BCUT2D eigenvalue weighted by atomic mass is 10.2. The van der Waals surface area contributed by atoms with Crippen molar-refractivity contribution in [2.45, 2.75) is 37.6 Å². The van der Waals surface area contributed by atoms with Crippen LogP contribution in [0.4, 0.5) is 0 Å². The van der Waals surface area contributed by atoms with Crippen LogP contribution in [0.5, 0.6) is 0 Å². The van der Waals surface area contributed by atoms with Crippen molar-refractivity contribution in [1.82, 2.24) is 5.32 Å². The molecule has 5 heteroatoms. The van der Waals surface area contributed by atoms with Crippen molar-refractivity contribution in [3.63, 3.8) is 0 Å². The monoisotopic (exact) mass is 356 g/mol. The molecule has 0 heterocycles. The van der Waals surface area contributed by atoms with Gasteiger partial charge in [-0.1, -0.05) is 15.9 Å². The first-order chi connectivity index (χ1) is 9.47. The average Bonchev–Trinajstić information content (AvgIpc) is 3.23. The number of carbonyl (C=O) groups is 1. The second kappa shape index (κ2) is 6.96. The van der Waals surface area contributed by atoms with Crippen molar-refractivity contribution in [2.24, 2.45) is 11.7 Å². The fourth-order valence-electron chi connectivity index (χ4n) is 2.03. The molecule has 1 aliphatic rings. The normalized spacial score (nSPS) is 16.0. The minimum atomic E-state index is 0.0612. The first kappa shape index (κ1) is 15.9. The molecule has 0 saturated heterocycles. The maximum Gasteiger partial charge on any atom is 0.230 e. The molecular weight excluding hydrogens is 336 g/mol. The lowest BCUT2D eigenvalue weighted by Gasteiger charge is -2.12. The molecule has 1 amide bonds. The smallest absolute Gasteiger partial charge is 0.230 e. The SMILES string of the molecule is Cc1cc(SCC(=O)NCC(N)C2CC2)c(C)cc1Br. The Kier molecular flexibility index (Phi) is 5.52. The Hall–Kier alpha value is -0.520. The number of amides is 1. The molecule has 1 aromatic carbocycles. The quantitative estimate of drug-likeness (QED) is 0.770. The standard InChI is InChI=1S/C15H21BrN2OS/c1-9-6-14(10(2)5-12(9)16)20-8-15(19)18-7-13(17)11-3-4-11/h5-6,11,13H,3-4,7-8,17H2,1-2H3,(H,18,19). The Morgan fingerprint density at radius 1 is 1.45 bits per heavy atom. The molecule has 1 atom stereocenters. The summed E-state index contributed by atoms with van der Waals surface area (Å²) in [4.78, 5) is 13.0. The van der Waals surface area contributed by atoms with Crippen LogP contribution >= 0.6 is 27.7 Å². The van der Waals surface area contributed by atoms with E-state index in [0.717, 1.165) is 9.37 Å². The van der Waals surface area contributed by atoms with Gasteiger partial charge in [0.25, 0.3) is 0 Å². The highest BCUT2D eigenvalue weighted by molar-refractivity contribution is 9.10. The van der Waals surface area contributed by atoms with Gasteiger partial charge < -0.3 is 11.1 Å². The maximum absolute atomic E-state index is 11.8. The van der Waals surface area contributed by atoms with Gasteiger partial charge in [0.05, 0.1) is 5.75 Å². The van der Waals surface area contributed by atoms with Gasteiger partial charge in [-0.2, -0.15) is 0 Å². The maximum atomic E-state index is 11.8. The molecule has 1 saturated carbocycles. The number of nitrogens with one attached hydrogen (secondary N) is 1. The minimum absolute atomic E-state index is 0.0612. The number of carbonyl (C=O) groups excluding carboxylic acids is 1. The summed E-state index contributed by atoms with van der Waals surface area (Å²) >= 11 is 5.10. The molecule has 2 rings (SSSR count). The van der Waals surface area contributed by atoms with Gasteiger partial charge in [0.1, 0.15) is 0 Å². The highest BCUT2D eigenvalue weighted by atomic mass is 79.9. The third-order valence-electron chi connectivity index (χ3n) is 3.58. The van der Waals surface area contributed by atoms with E-state index in [4.69, 9.17) is 5.73 Å². The molecule has 1 unspecified atom stereocenters. The van der Waals surface area contributed by atoms with E-state index in [1.54, 1.807) is 11.8 Å². The van der Waals surface area contributed by atoms with E-state index in [9.17, 15) is 4.79 Å². The summed E-state index contributed by atoms with van der Waals surface area (Å²) in [5.74, 6) is 1.13. The van der Waals surface area contributed by atoms with Gasteiger partial charge in [0.15, 0.2) is 0 Å². The minimum Gasteiger partial charge on any atom is -0.354 e. The predicted molar refractivity (Wildman–Crippen MR) is 88.0 cm³/mol. The third-order valence-corrected chi connectivity index (χ3v) is 5.59. The van der Waals surface area contributed by atoms with E-state index in [-0.39, 0.29) is 11.9 Å². The molecule has 1 aliphatic carbocycles. The molecule has 3 N–H and O–H groups in total. The molecule has 1 aromatic rings. The Morgan fingerprint density at radius 3 is 2.80 bits per heavy atom. The van der Waals surface area contributed by atoms with Gasteiger partial charge in [-0.15, -0.1) is 11.8 Å². The lowest BCUT2D eigenvalue weighted by Crippen LogP contribution is -2.39. The van der Waals surface area contributed by atoms with Crippen molar-refractivity contribution in [2.75, 3.05) is 12.3 Å². The van der Waals surface area contributed by atoms with E-state index >= 15 is 0 Å². The van der Waals surface area contributed by atoms with Gasteiger partial charge in [0.2, 0.25) is 5.91 Å². The Labute approximate surface area is 133 Å². The van der Waals surface area contributed by atoms with Crippen LogP contribution in [0.3, 0.4) is 0 Å². The molecule has 0 bridgehead atoms. The van der Waals surface area contributed by atoms with E-state index in [1.165, 1.54) is 24.0 Å². The van der Waals surface area contributed by atoms with Crippen molar-refractivity contribution in [3.05, 3.63) is 27.7 Å². The van der Waals surface area contributed by atoms with Crippen LogP contribution in [0.2, 0.25) is 0 Å².